The Morgan fingerprint density at radius 3 is 2.19 bits per heavy atom. The van der Waals surface area contributed by atoms with Crippen LogP contribution in [0.15, 0.2) is 79.1 Å². The number of carbonyl (C=O) groups excluding carboxylic acids is 1. The topological polar surface area (TPSA) is 93.4 Å². The fourth-order valence-electron chi connectivity index (χ4n) is 4.50. The number of imidazole rings is 1. The summed E-state index contributed by atoms with van der Waals surface area (Å²) in [5.74, 6) is -0.247. The number of nitrogens with zero attached hydrogens (tertiary/aromatic N) is 2. The Kier molecular flexibility index (Phi) is 6.48. The Balaban J connectivity index is 1.30. The maximum atomic E-state index is 12.7. The van der Waals surface area contributed by atoms with Crippen molar-refractivity contribution in [3.05, 3.63) is 95.3 Å². The highest BCUT2D eigenvalue weighted by atomic mass is 35.5. The third-order valence-electron chi connectivity index (χ3n) is 6.87. The third kappa shape index (κ3) is 4.82. The van der Waals surface area contributed by atoms with E-state index in [1.54, 1.807) is 30.9 Å². The Labute approximate surface area is 219 Å². The number of carboxylic acid groups (broad SMARTS) is 1. The predicted molar refractivity (Wildman–Crippen MR) is 143 cm³/mol. The molecule has 3 aromatic carbocycles. The van der Waals surface area contributed by atoms with Crippen LogP contribution in [0.5, 0.6) is 0 Å². The third-order valence-corrected chi connectivity index (χ3v) is 7.22. The smallest absolute Gasteiger partial charge is 0.413 e. The average Bonchev–Trinajstić information content (AvgIpc) is 3.64. The molecule has 1 amide bonds. The minimum Gasteiger partial charge on any atom is -0.481 e. The molecule has 1 saturated carbocycles. The summed E-state index contributed by atoms with van der Waals surface area (Å²) in [6.45, 7) is 1.77. The maximum Gasteiger partial charge on any atom is 0.413 e. The van der Waals surface area contributed by atoms with Gasteiger partial charge in [0, 0.05) is 23.2 Å². The highest BCUT2D eigenvalue weighted by Gasteiger charge is 2.51. The monoisotopic (exact) mass is 515 g/mol. The summed E-state index contributed by atoms with van der Waals surface area (Å²) >= 11 is 6.23. The number of hydrogen-bond donors (Lipinski definition) is 2. The number of nitrogens with one attached hydrogen (secondary N) is 1. The van der Waals surface area contributed by atoms with Gasteiger partial charge in [-0.25, -0.2) is 9.78 Å². The lowest BCUT2D eigenvalue weighted by atomic mass is 9.93. The number of carbonyl (C=O) groups is 2. The zero-order chi connectivity index (χ0) is 26.2. The minimum absolute atomic E-state index is 0.511. The van der Waals surface area contributed by atoms with Gasteiger partial charge in [-0.2, -0.15) is 0 Å². The van der Waals surface area contributed by atoms with E-state index in [0.717, 1.165) is 27.8 Å². The first-order valence-electron chi connectivity index (χ1n) is 12.0. The summed E-state index contributed by atoms with van der Waals surface area (Å²) in [7, 11) is 1.79. The van der Waals surface area contributed by atoms with Gasteiger partial charge in [0.2, 0.25) is 0 Å². The summed E-state index contributed by atoms with van der Waals surface area (Å²) < 4.78 is 7.28. The normalized spacial score (nSPS) is 14.6. The Hall–Kier alpha value is -4.10. The van der Waals surface area contributed by atoms with Crippen molar-refractivity contribution in [3.8, 4) is 22.4 Å². The summed E-state index contributed by atoms with van der Waals surface area (Å²) in [4.78, 5) is 28.7. The van der Waals surface area contributed by atoms with Crippen molar-refractivity contribution in [2.45, 2.75) is 31.3 Å². The molecule has 0 bridgehead atoms. The quantitative estimate of drug-likeness (QED) is 0.281. The molecule has 1 heterocycles. The number of anilines is 1. The zero-order valence-corrected chi connectivity index (χ0v) is 21.2. The molecule has 0 radical (unpaired) electrons. The largest absolute Gasteiger partial charge is 0.481 e. The van der Waals surface area contributed by atoms with E-state index in [9.17, 15) is 14.7 Å². The van der Waals surface area contributed by atoms with Crippen LogP contribution in [0.2, 0.25) is 5.02 Å². The van der Waals surface area contributed by atoms with E-state index < -0.39 is 23.6 Å². The molecular formula is C29H26ClN3O4. The molecular weight excluding hydrogens is 490 g/mol. The van der Waals surface area contributed by atoms with Crippen LogP contribution in [-0.2, 0) is 22.0 Å². The van der Waals surface area contributed by atoms with Gasteiger partial charge in [0.1, 0.15) is 17.6 Å². The first kappa shape index (κ1) is 24.6. The lowest BCUT2D eigenvalue weighted by Gasteiger charge is -2.16. The van der Waals surface area contributed by atoms with Crippen molar-refractivity contribution in [1.29, 1.82) is 0 Å². The second-order valence-corrected chi connectivity index (χ2v) is 9.70. The number of rotatable bonds is 7. The molecule has 1 aromatic heterocycles. The van der Waals surface area contributed by atoms with Crippen molar-refractivity contribution >= 4 is 29.5 Å². The van der Waals surface area contributed by atoms with Crippen LogP contribution in [0.3, 0.4) is 0 Å². The van der Waals surface area contributed by atoms with Gasteiger partial charge in [-0.15, -0.1) is 0 Å². The van der Waals surface area contributed by atoms with E-state index in [1.807, 2.05) is 66.7 Å². The summed E-state index contributed by atoms with van der Waals surface area (Å²) in [5, 5.41) is 12.9. The van der Waals surface area contributed by atoms with E-state index in [1.165, 1.54) is 0 Å². The van der Waals surface area contributed by atoms with Crippen LogP contribution in [0.25, 0.3) is 22.4 Å². The molecule has 0 unspecified atom stereocenters. The van der Waals surface area contributed by atoms with Crippen LogP contribution >= 0.6 is 11.6 Å². The molecule has 4 aromatic rings. The summed E-state index contributed by atoms with van der Waals surface area (Å²) in [6, 6.07) is 22.8. The van der Waals surface area contributed by atoms with Gasteiger partial charge in [0.05, 0.1) is 11.7 Å². The molecule has 5 rings (SSSR count). The first-order chi connectivity index (χ1) is 17.8. The van der Waals surface area contributed by atoms with Gasteiger partial charge in [0.15, 0.2) is 0 Å². The highest BCUT2D eigenvalue weighted by molar-refractivity contribution is 6.31. The number of aromatic nitrogens is 2. The Morgan fingerprint density at radius 2 is 1.59 bits per heavy atom. The van der Waals surface area contributed by atoms with Gasteiger partial charge >= 0.3 is 12.1 Å². The molecule has 2 N–H and O–H groups in total. The number of halogens is 1. The minimum atomic E-state index is -0.758. The molecule has 0 saturated heterocycles. The van der Waals surface area contributed by atoms with Crippen molar-refractivity contribution < 1.29 is 19.4 Å². The van der Waals surface area contributed by atoms with Crippen LogP contribution < -0.4 is 5.32 Å². The zero-order valence-electron chi connectivity index (χ0n) is 20.4. The molecule has 1 aliphatic carbocycles. The number of amides is 1. The molecule has 0 spiro atoms. The second kappa shape index (κ2) is 9.75. The standard InChI is InChI=1S/C29H26ClN3O4/c1-18(23-5-3-4-6-24(23)30)37-28(36)32-26-25(31-17-33(26)2)21-9-7-19(8-10-21)20-11-13-22(14-12-20)29(15-16-29)27(34)35/h3-14,17-18H,15-16H2,1-2H3,(H,32,36)(H,34,35)/t18-/m1/s1. The molecule has 0 aliphatic heterocycles. The molecule has 37 heavy (non-hydrogen) atoms. The number of benzene rings is 3. The van der Waals surface area contributed by atoms with Gasteiger partial charge in [-0.05, 0) is 42.5 Å². The predicted octanol–water partition coefficient (Wildman–Crippen LogP) is 6.83. The average molecular weight is 516 g/mol. The van der Waals surface area contributed by atoms with Crippen LogP contribution in [-0.4, -0.2) is 26.7 Å². The lowest BCUT2D eigenvalue weighted by molar-refractivity contribution is -0.140. The highest BCUT2D eigenvalue weighted by Crippen LogP contribution is 2.48. The van der Waals surface area contributed by atoms with E-state index in [-0.39, 0.29) is 0 Å². The Bertz CT molecular complexity index is 1460. The molecule has 1 fully saturated rings. The van der Waals surface area contributed by atoms with Crippen molar-refractivity contribution in [2.75, 3.05) is 5.32 Å². The van der Waals surface area contributed by atoms with Crippen LogP contribution in [0, 0.1) is 0 Å². The van der Waals surface area contributed by atoms with E-state index in [2.05, 4.69) is 10.3 Å². The van der Waals surface area contributed by atoms with Crippen molar-refractivity contribution in [1.82, 2.24) is 9.55 Å². The van der Waals surface area contributed by atoms with Gasteiger partial charge in [-0.1, -0.05) is 78.3 Å². The lowest BCUT2D eigenvalue weighted by Crippen LogP contribution is -2.19. The molecule has 8 heteroatoms. The second-order valence-electron chi connectivity index (χ2n) is 9.29. The fraction of sp³-hybridized carbons (Fsp3) is 0.207. The molecule has 1 aliphatic rings. The van der Waals surface area contributed by atoms with Gasteiger partial charge in [-0.3, -0.25) is 10.1 Å². The van der Waals surface area contributed by atoms with Gasteiger partial charge in [0.25, 0.3) is 0 Å². The summed E-state index contributed by atoms with van der Waals surface area (Å²) in [5.41, 5.74) is 4.30. The molecule has 7 nitrogen and oxygen atoms in total. The van der Waals surface area contributed by atoms with E-state index in [4.69, 9.17) is 16.3 Å². The maximum absolute atomic E-state index is 12.7. The van der Waals surface area contributed by atoms with Crippen molar-refractivity contribution in [2.24, 2.45) is 7.05 Å². The van der Waals surface area contributed by atoms with Crippen LogP contribution in [0.4, 0.5) is 10.6 Å². The number of carboxylic acids is 1. The number of aliphatic carboxylic acids is 1. The van der Waals surface area contributed by atoms with Gasteiger partial charge < -0.3 is 14.4 Å². The SMILES string of the molecule is C[C@@H](OC(=O)Nc1c(-c2ccc(-c3ccc(C4(C(=O)O)CC4)cc3)cc2)ncn1C)c1ccccc1Cl. The first-order valence-corrected chi connectivity index (χ1v) is 12.3. The van der Waals surface area contributed by atoms with E-state index in [0.29, 0.717) is 29.4 Å². The molecule has 1 atom stereocenters. The number of hydrogen-bond acceptors (Lipinski definition) is 4. The van der Waals surface area contributed by atoms with Crippen LogP contribution in [0.1, 0.15) is 37.0 Å². The number of aryl methyl sites for hydroxylation is 1. The molecule has 188 valence electrons. The fourth-order valence-corrected chi connectivity index (χ4v) is 4.79. The number of ether oxygens (including phenoxy) is 1. The van der Waals surface area contributed by atoms with E-state index >= 15 is 0 Å². The summed E-state index contributed by atoms with van der Waals surface area (Å²) in [6.07, 6.45) is 1.86. The Morgan fingerprint density at radius 1 is 1.00 bits per heavy atom. The van der Waals surface area contributed by atoms with Crippen molar-refractivity contribution in [3.63, 3.8) is 0 Å².